The monoisotopic (exact) mass is 266 g/mol. The highest BCUT2D eigenvalue weighted by Gasteiger charge is 2.21. The number of anilines is 1. The van der Waals surface area contributed by atoms with E-state index in [1.165, 1.54) is 12.2 Å². The van der Waals surface area contributed by atoms with Gasteiger partial charge in [0, 0.05) is 36.3 Å². The normalized spacial score (nSPS) is 22.9. The van der Waals surface area contributed by atoms with E-state index in [0.717, 1.165) is 36.1 Å². The maximum atomic E-state index is 10.2. The van der Waals surface area contributed by atoms with Crippen LogP contribution in [-0.2, 0) is 0 Å². The van der Waals surface area contributed by atoms with Gasteiger partial charge in [0.1, 0.15) is 0 Å². The van der Waals surface area contributed by atoms with E-state index in [0.29, 0.717) is 0 Å². The maximum absolute atomic E-state index is 10.2. The molecule has 2 atom stereocenters. The largest absolute Gasteiger partial charge is 0.399 e. The number of nitrogen functional groups attached to an aromatic ring is 1. The second-order valence-electron chi connectivity index (χ2n) is 4.84. The topological polar surface area (TPSA) is 49.5 Å². The lowest BCUT2D eigenvalue weighted by molar-refractivity contribution is 0.115. The standard InChI is InChI=1S/C14H22N2OS/c1-2-13-9-16(7-8-18-13)10-14(17)11-3-5-12(15)6-4-11/h3-6,13-14,17H,2,7-10,15H2,1H3. The Bertz CT molecular complexity index is 369. The zero-order valence-electron chi connectivity index (χ0n) is 10.9. The van der Waals surface area contributed by atoms with Gasteiger partial charge in [-0.25, -0.2) is 0 Å². The number of benzene rings is 1. The Hall–Kier alpha value is -0.710. The van der Waals surface area contributed by atoms with Gasteiger partial charge in [-0.2, -0.15) is 11.8 Å². The van der Waals surface area contributed by atoms with Gasteiger partial charge in [0.2, 0.25) is 0 Å². The summed E-state index contributed by atoms with van der Waals surface area (Å²) >= 11 is 2.05. The molecule has 1 heterocycles. The molecule has 2 unspecified atom stereocenters. The fraction of sp³-hybridized carbons (Fsp3) is 0.571. The van der Waals surface area contributed by atoms with Crippen molar-refractivity contribution < 1.29 is 5.11 Å². The fourth-order valence-corrected chi connectivity index (χ4v) is 3.51. The molecule has 2 rings (SSSR count). The molecule has 0 aliphatic carbocycles. The third-order valence-corrected chi connectivity index (χ3v) is 4.80. The number of aliphatic hydroxyl groups is 1. The van der Waals surface area contributed by atoms with Crippen molar-refractivity contribution in [3.05, 3.63) is 29.8 Å². The summed E-state index contributed by atoms with van der Waals surface area (Å²) in [6.07, 6.45) is 0.797. The Labute approximate surface area is 113 Å². The second kappa shape index (κ2) is 6.45. The highest BCUT2D eigenvalue weighted by molar-refractivity contribution is 8.00. The number of hydrogen-bond acceptors (Lipinski definition) is 4. The van der Waals surface area contributed by atoms with Crippen LogP contribution >= 0.6 is 11.8 Å². The third-order valence-electron chi connectivity index (χ3n) is 3.43. The molecule has 1 aromatic rings. The summed E-state index contributed by atoms with van der Waals surface area (Å²) in [5.41, 5.74) is 7.35. The lowest BCUT2D eigenvalue weighted by Gasteiger charge is -2.33. The van der Waals surface area contributed by atoms with Crippen molar-refractivity contribution >= 4 is 17.4 Å². The predicted octanol–water partition coefficient (Wildman–Crippen LogP) is 2.13. The van der Waals surface area contributed by atoms with Gasteiger partial charge in [-0.3, -0.25) is 4.90 Å². The number of aliphatic hydroxyl groups excluding tert-OH is 1. The molecule has 1 fully saturated rings. The highest BCUT2D eigenvalue weighted by atomic mass is 32.2. The lowest BCUT2D eigenvalue weighted by atomic mass is 10.1. The number of nitrogens with two attached hydrogens (primary N) is 1. The van der Waals surface area contributed by atoms with Crippen molar-refractivity contribution in [1.82, 2.24) is 4.90 Å². The zero-order valence-corrected chi connectivity index (χ0v) is 11.7. The number of hydrogen-bond donors (Lipinski definition) is 2. The first-order chi connectivity index (χ1) is 8.69. The van der Waals surface area contributed by atoms with E-state index < -0.39 is 6.10 Å². The van der Waals surface area contributed by atoms with Crippen LogP contribution < -0.4 is 5.73 Å². The summed E-state index contributed by atoms with van der Waals surface area (Å²) in [7, 11) is 0. The number of β-amino-alcohol motifs (C(OH)–C–C–N with tert-alkyl or cyclic N) is 1. The minimum Gasteiger partial charge on any atom is -0.399 e. The second-order valence-corrected chi connectivity index (χ2v) is 6.25. The Morgan fingerprint density at radius 3 is 2.83 bits per heavy atom. The van der Waals surface area contributed by atoms with Gasteiger partial charge in [-0.05, 0) is 24.1 Å². The first-order valence-electron chi connectivity index (χ1n) is 6.56. The van der Waals surface area contributed by atoms with E-state index in [1.54, 1.807) is 0 Å². The molecular formula is C14H22N2OS. The van der Waals surface area contributed by atoms with Crippen molar-refractivity contribution in [2.24, 2.45) is 0 Å². The molecule has 0 spiro atoms. The van der Waals surface area contributed by atoms with Crippen LogP contribution in [-0.4, -0.2) is 40.6 Å². The molecule has 100 valence electrons. The Morgan fingerprint density at radius 2 is 2.17 bits per heavy atom. The van der Waals surface area contributed by atoms with Crippen LogP contribution in [0.25, 0.3) is 0 Å². The van der Waals surface area contributed by atoms with Crippen LogP contribution in [0.1, 0.15) is 25.0 Å². The van der Waals surface area contributed by atoms with Crippen LogP contribution in [0.3, 0.4) is 0 Å². The summed E-state index contributed by atoms with van der Waals surface area (Å²) in [6, 6.07) is 7.52. The van der Waals surface area contributed by atoms with Crippen molar-refractivity contribution in [3.63, 3.8) is 0 Å². The van der Waals surface area contributed by atoms with Crippen LogP contribution in [0.2, 0.25) is 0 Å². The molecule has 1 aliphatic rings. The van der Waals surface area contributed by atoms with Gasteiger partial charge in [-0.1, -0.05) is 19.1 Å². The Kier molecular flexibility index (Phi) is 4.92. The third kappa shape index (κ3) is 3.64. The van der Waals surface area contributed by atoms with Gasteiger partial charge < -0.3 is 10.8 Å². The van der Waals surface area contributed by atoms with Crippen LogP contribution in [0, 0.1) is 0 Å². The Balaban J connectivity index is 1.90. The minimum absolute atomic E-state index is 0.411. The van der Waals surface area contributed by atoms with Gasteiger partial charge >= 0.3 is 0 Å². The maximum Gasteiger partial charge on any atom is 0.0916 e. The fourth-order valence-electron chi connectivity index (χ4n) is 2.26. The molecular weight excluding hydrogens is 244 g/mol. The van der Waals surface area contributed by atoms with Gasteiger partial charge in [0.25, 0.3) is 0 Å². The molecule has 3 N–H and O–H groups in total. The van der Waals surface area contributed by atoms with E-state index in [9.17, 15) is 5.11 Å². The zero-order chi connectivity index (χ0) is 13.0. The minimum atomic E-state index is -0.411. The molecule has 0 aromatic heterocycles. The van der Waals surface area contributed by atoms with Crippen LogP contribution in [0.5, 0.6) is 0 Å². The number of rotatable bonds is 4. The average molecular weight is 266 g/mol. The van der Waals surface area contributed by atoms with E-state index in [2.05, 4.69) is 23.6 Å². The van der Waals surface area contributed by atoms with Crippen molar-refractivity contribution in [3.8, 4) is 0 Å². The Morgan fingerprint density at radius 1 is 1.44 bits per heavy atom. The molecule has 0 saturated carbocycles. The summed E-state index contributed by atoms with van der Waals surface area (Å²) in [5.74, 6) is 1.17. The van der Waals surface area contributed by atoms with Crippen LogP contribution in [0.15, 0.2) is 24.3 Å². The summed E-state index contributed by atoms with van der Waals surface area (Å²) in [4.78, 5) is 2.37. The molecule has 3 nitrogen and oxygen atoms in total. The quantitative estimate of drug-likeness (QED) is 0.820. The van der Waals surface area contributed by atoms with Crippen LogP contribution in [0.4, 0.5) is 5.69 Å². The summed E-state index contributed by atoms with van der Waals surface area (Å²) < 4.78 is 0. The van der Waals surface area contributed by atoms with Gasteiger partial charge in [-0.15, -0.1) is 0 Å². The smallest absolute Gasteiger partial charge is 0.0916 e. The molecule has 4 heteroatoms. The molecule has 0 radical (unpaired) electrons. The van der Waals surface area contributed by atoms with Gasteiger partial charge in [0.15, 0.2) is 0 Å². The number of thioether (sulfide) groups is 1. The first kappa shape index (κ1) is 13.7. The summed E-state index contributed by atoms with van der Waals surface area (Å²) in [5, 5.41) is 11.0. The molecule has 0 bridgehead atoms. The van der Waals surface area contributed by atoms with Gasteiger partial charge in [0.05, 0.1) is 6.10 Å². The molecule has 1 aromatic carbocycles. The van der Waals surface area contributed by atoms with Crippen molar-refractivity contribution in [2.75, 3.05) is 31.1 Å². The highest BCUT2D eigenvalue weighted by Crippen LogP contribution is 2.23. The molecule has 1 saturated heterocycles. The van der Waals surface area contributed by atoms with E-state index >= 15 is 0 Å². The van der Waals surface area contributed by atoms with Crippen molar-refractivity contribution in [1.29, 1.82) is 0 Å². The SMILES string of the molecule is CCC1CN(CC(O)c2ccc(N)cc2)CCS1. The summed E-state index contributed by atoms with van der Waals surface area (Å²) in [6.45, 7) is 5.12. The van der Waals surface area contributed by atoms with E-state index in [-0.39, 0.29) is 0 Å². The first-order valence-corrected chi connectivity index (χ1v) is 7.61. The average Bonchev–Trinajstić information content (AvgIpc) is 2.39. The van der Waals surface area contributed by atoms with E-state index in [1.807, 2.05) is 24.3 Å². The predicted molar refractivity (Wildman–Crippen MR) is 78.8 cm³/mol. The molecule has 18 heavy (non-hydrogen) atoms. The van der Waals surface area contributed by atoms with E-state index in [4.69, 9.17) is 5.73 Å². The van der Waals surface area contributed by atoms with Crippen molar-refractivity contribution in [2.45, 2.75) is 24.7 Å². The molecule has 1 aliphatic heterocycles. The lowest BCUT2D eigenvalue weighted by Crippen LogP contribution is -2.39. The molecule has 0 amide bonds. The number of nitrogens with zero attached hydrogens (tertiary/aromatic N) is 1.